The first-order chi connectivity index (χ1) is 8.19. The van der Waals surface area contributed by atoms with Gasteiger partial charge in [-0.1, -0.05) is 0 Å². The minimum atomic E-state index is -0.877. The van der Waals surface area contributed by atoms with Crippen molar-refractivity contribution in [1.82, 2.24) is 9.66 Å². The van der Waals surface area contributed by atoms with Gasteiger partial charge in [-0.15, -0.1) is 9.58 Å². The van der Waals surface area contributed by atoms with Crippen molar-refractivity contribution in [2.75, 3.05) is 0 Å². The third-order valence-electron chi connectivity index (χ3n) is 2.04. The van der Waals surface area contributed by atoms with Crippen LogP contribution in [0.2, 0.25) is 0 Å². The van der Waals surface area contributed by atoms with Crippen LogP contribution in [0.5, 0.6) is 0 Å². The molecule has 8 heteroatoms. The number of hydrogen-bond acceptors (Lipinski definition) is 6. The van der Waals surface area contributed by atoms with Crippen LogP contribution in [-0.4, -0.2) is 9.66 Å². The number of aromatic nitrogens is 2. The van der Waals surface area contributed by atoms with Gasteiger partial charge >= 0.3 is 0 Å². The molecular formula is C9H4N4O3S. The molecule has 0 unspecified atom stereocenters. The molecule has 2 aromatic heterocycles. The summed E-state index contributed by atoms with van der Waals surface area (Å²) in [5, 5.41) is 11.3. The highest BCUT2D eigenvalue weighted by molar-refractivity contribution is 7.71. The maximum atomic E-state index is 11.7. The molecule has 0 spiro atoms. The van der Waals surface area contributed by atoms with E-state index in [1.807, 2.05) is 0 Å². The Hall–Kier alpha value is -2.53. The second-order valence-electron chi connectivity index (χ2n) is 2.97. The first kappa shape index (κ1) is 11.0. The van der Waals surface area contributed by atoms with Crippen molar-refractivity contribution in [3.63, 3.8) is 0 Å². The zero-order chi connectivity index (χ0) is 12.4. The second kappa shape index (κ2) is 4.15. The largest absolute Gasteiger partial charge is 0.463 e. The lowest BCUT2D eigenvalue weighted by molar-refractivity contribution is 0.578. The van der Waals surface area contributed by atoms with E-state index in [0.29, 0.717) is 4.68 Å². The van der Waals surface area contributed by atoms with Gasteiger partial charge in [0, 0.05) is 0 Å². The van der Waals surface area contributed by atoms with Crippen molar-refractivity contribution in [3.05, 3.63) is 44.0 Å². The Morgan fingerprint density at radius 3 is 2.88 bits per heavy atom. The Labute approximate surface area is 98.9 Å². The van der Waals surface area contributed by atoms with Crippen LogP contribution in [0.15, 0.2) is 32.9 Å². The van der Waals surface area contributed by atoms with Gasteiger partial charge in [0.15, 0.2) is 5.76 Å². The lowest BCUT2D eigenvalue weighted by Crippen LogP contribution is -2.22. The number of nitroso groups, excluding NO2 is 1. The van der Waals surface area contributed by atoms with E-state index >= 15 is 0 Å². The molecule has 0 aliphatic heterocycles. The lowest BCUT2D eigenvalue weighted by Gasteiger charge is -2.01. The summed E-state index contributed by atoms with van der Waals surface area (Å²) in [7, 11) is 0. The SMILES string of the molecule is N#Cc1c(-c2ccco2)[nH]c(=S)n(N=O)c1=O. The molecule has 0 aliphatic carbocycles. The highest BCUT2D eigenvalue weighted by atomic mass is 32.1. The molecule has 0 saturated heterocycles. The molecule has 17 heavy (non-hydrogen) atoms. The fourth-order valence-electron chi connectivity index (χ4n) is 1.31. The molecule has 0 radical (unpaired) electrons. The van der Waals surface area contributed by atoms with Crippen molar-refractivity contribution >= 4 is 12.2 Å². The lowest BCUT2D eigenvalue weighted by atomic mass is 10.2. The molecule has 2 rings (SSSR count). The minimum Gasteiger partial charge on any atom is -0.463 e. The maximum Gasteiger partial charge on any atom is 0.296 e. The van der Waals surface area contributed by atoms with Crippen LogP contribution in [0.25, 0.3) is 11.5 Å². The summed E-state index contributed by atoms with van der Waals surface area (Å²) < 4.78 is 5.26. The first-order valence-electron chi connectivity index (χ1n) is 4.36. The van der Waals surface area contributed by atoms with Crippen molar-refractivity contribution in [2.24, 2.45) is 5.29 Å². The van der Waals surface area contributed by atoms with Gasteiger partial charge in [-0.2, -0.15) is 5.26 Å². The zero-order valence-corrected chi connectivity index (χ0v) is 9.02. The van der Waals surface area contributed by atoms with Crippen LogP contribution in [0.3, 0.4) is 0 Å². The molecule has 1 N–H and O–H groups in total. The standard InChI is InChI=1S/C9H4N4O3S/c10-4-5-7(6-2-1-3-16-6)11-9(17)13(12-15)8(5)14/h1-3H,(H,11,17). The molecule has 0 amide bonds. The fourth-order valence-corrected chi connectivity index (χ4v) is 1.53. The summed E-state index contributed by atoms with van der Waals surface area (Å²) in [6.45, 7) is 0. The number of hydrogen-bond donors (Lipinski definition) is 1. The van der Waals surface area contributed by atoms with Crippen LogP contribution in [0.4, 0.5) is 0 Å². The van der Waals surface area contributed by atoms with Crippen LogP contribution >= 0.6 is 12.2 Å². The van der Waals surface area contributed by atoms with Crippen LogP contribution in [0.1, 0.15) is 5.56 Å². The number of furan rings is 1. The number of aromatic amines is 1. The zero-order valence-electron chi connectivity index (χ0n) is 8.21. The van der Waals surface area contributed by atoms with Crippen LogP contribution in [0, 0.1) is 21.0 Å². The third kappa shape index (κ3) is 1.68. The summed E-state index contributed by atoms with van der Waals surface area (Å²) in [5.74, 6) is 0.280. The predicted octanol–water partition coefficient (Wildman–Crippen LogP) is 1.57. The molecule has 7 nitrogen and oxygen atoms in total. The minimum absolute atomic E-state index is 0.132. The monoisotopic (exact) mass is 248 g/mol. The van der Waals surface area contributed by atoms with Crippen molar-refractivity contribution < 1.29 is 4.42 Å². The summed E-state index contributed by atoms with van der Waals surface area (Å²) in [4.78, 5) is 24.7. The molecule has 0 fully saturated rings. The quantitative estimate of drug-likeness (QED) is 0.641. The number of nitrogens with one attached hydrogen (secondary N) is 1. The van der Waals surface area contributed by atoms with Gasteiger partial charge in [0.25, 0.3) is 5.56 Å². The fraction of sp³-hybridized carbons (Fsp3) is 0. The Morgan fingerprint density at radius 2 is 2.35 bits per heavy atom. The molecule has 0 saturated carbocycles. The van der Waals surface area contributed by atoms with Crippen molar-refractivity contribution in [3.8, 4) is 17.5 Å². The smallest absolute Gasteiger partial charge is 0.296 e. The average molecular weight is 248 g/mol. The molecule has 2 heterocycles. The van der Waals surface area contributed by atoms with E-state index in [0.717, 1.165) is 0 Å². The number of rotatable bonds is 2. The van der Waals surface area contributed by atoms with Crippen LogP contribution < -0.4 is 5.56 Å². The number of nitrogens with zero attached hydrogens (tertiary/aromatic N) is 3. The van der Waals surface area contributed by atoms with Gasteiger partial charge in [0.05, 0.1) is 11.5 Å². The van der Waals surface area contributed by atoms with E-state index in [-0.39, 0.29) is 21.8 Å². The summed E-state index contributed by atoms with van der Waals surface area (Å²) in [5.41, 5.74) is -1.03. The number of H-pyrrole nitrogens is 1. The molecule has 2 aromatic rings. The van der Waals surface area contributed by atoms with E-state index in [2.05, 4.69) is 10.3 Å². The Bertz CT molecular complexity index is 720. The van der Waals surface area contributed by atoms with E-state index in [1.54, 1.807) is 18.2 Å². The van der Waals surface area contributed by atoms with Gasteiger partial charge in [-0.3, -0.25) is 4.79 Å². The topological polar surface area (TPSA) is 104 Å². The van der Waals surface area contributed by atoms with Crippen molar-refractivity contribution in [2.45, 2.75) is 0 Å². The molecule has 0 bridgehead atoms. The van der Waals surface area contributed by atoms with Gasteiger partial charge in [0.1, 0.15) is 17.3 Å². The molecule has 0 aliphatic rings. The highest BCUT2D eigenvalue weighted by Crippen LogP contribution is 2.18. The van der Waals surface area contributed by atoms with E-state index in [1.165, 1.54) is 6.26 Å². The Morgan fingerprint density at radius 1 is 1.59 bits per heavy atom. The Kier molecular flexibility index (Phi) is 2.68. The molecule has 0 aromatic carbocycles. The Balaban J connectivity index is 2.89. The van der Waals surface area contributed by atoms with E-state index in [4.69, 9.17) is 21.9 Å². The average Bonchev–Trinajstić information content (AvgIpc) is 2.82. The maximum absolute atomic E-state index is 11.7. The summed E-state index contributed by atoms with van der Waals surface area (Å²) in [6.07, 6.45) is 1.39. The van der Waals surface area contributed by atoms with Gasteiger partial charge < -0.3 is 9.40 Å². The summed E-state index contributed by atoms with van der Waals surface area (Å²) in [6, 6.07) is 4.83. The van der Waals surface area contributed by atoms with Gasteiger partial charge in [-0.05, 0) is 24.4 Å². The van der Waals surface area contributed by atoms with Gasteiger partial charge in [-0.25, -0.2) is 0 Å². The first-order valence-corrected chi connectivity index (χ1v) is 4.77. The normalized spacial score (nSPS) is 9.82. The van der Waals surface area contributed by atoms with E-state index < -0.39 is 5.56 Å². The third-order valence-corrected chi connectivity index (χ3v) is 2.32. The van der Waals surface area contributed by atoms with Gasteiger partial charge in [0.2, 0.25) is 4.77 Å². The summed E-state index contributed by atoms with van der Waals surface area (Å²) >= 11 is 4.77. The molecular weight excluding hydrogens is 244 g/mol. The molecule has 84 valence electrons. The predicted molar refractivity (Wildman–Crippen MR) is 59.5 cm³/mol. The second-order valence-corrected chi connectivity index (χ2v) is 3.35. The molecule has 0 atom stereocenters. The highest BCUT2D eigenvalue weighted by Gasteiger charge is 2.15. The van der Waals surface area contributed by atoms with Crippen molar-refractivity contribution in [1.29, 1.82) is 5.26 Å². The van der Waals surface area contributed by atoms with E-state index in [9.17, 15) is 9.70 Å². The van der Waals surface area contributed by atoms with Crippen LogP contribution in [-0.2, 0) is 0 Å². The number of nitriles is 1.